The first-order valence-electron chi connectivity index (χ1n) is 5.38. The molecule has 0 aliphatic rings. The molecule has 0 atom stereocenters. The maximum atomic E-state index is 11.4. The zero-order valence-corrected chi connectivity index (χ0v) is 12.4. The molecule has 0 heterocycles. The molecular weight excluding hydrogens is 208 g/mol. The van der Waals surface area contributed by atoms with E-state index in [1.165, 1.54) is 0 Å². The normalized spacial score (nSPS) is 12.7. The van der Waals surface area contributed by atoms with Crippen LogP contribution in [0.25, 0.3) is 0 Å². The molecular formula is C10H24O2Si2. The summed E-state index contributed by atoms with van der Waals surface area (Å²) >= 11 is 0. The lowest BCUT2D eigenvalue weighted by Gasteiger charge is -2.28. The second kappa shape index (κ2) is 5.12. The minimum absolute atomic E-state index is 0.00224. The molecule has 0 aliphatic carbocycles. The lowest BCUT2D eigenvalue weighted by Crippen LogP contribution is -2.41. The van der Waals surface area contributed by atoms with Crippen LogP contribution in [0.1, 0.15) is 19.8 Å². The van der Waals surface area contributed by atoms with Gasteiger partial charge < -0.3 is 4.43 Å². The molecule has 14 heavy (non-hydrogen) atoms. The molecule has 0 saturated heterocycles. The van der Waals surface area contributed by atoms with Crippen LogP contribution in [0.15, 0.2) is 0 Å². The maximum absolute atomic E-state index is 11.4. The van der Waals surface area contributed by atoms with E-state index in [0.29, 0.717) is 6.42 Å². The Hall–Kier alpha value is -0.0962. The molecule has 0 aromatic carbocycles. The number of carbonyl (C=O) groups is 1. The summed E-state index contributed by atoms with van der Waals surface area (Å²) in [5.41, 5.74) is 1.16. The van der Waals surface area contributed by atoms with Crippen LogP contribution >= 0.6 is 0 Å². The van der Waals surface area contributed by atoms with E-state index in [1.807, 2.05) is 6.92 Å². The van der Waals surface area contributed by atoms with Crippen molar-refractivity contribution in [1.82, 2.24) is 0 Å². The smallest absolute Gasteiger partial charge is 0.292 e. The van der Waals surface area contributed by atoms with E-state index in [9.17, 15) is 4.79 Å². The summed E-state index contributed by atoms with van der Waals surface area (Å²) in [7, 11) is -2.82. The second-order valence-electron chi connectivity index (χ2n) is 5.72. The fourth-order valence-electron chi connectivity index (χ4n) is 1.88. The van der Waals surface area contributed by atoms with Gasteiger partial charge in [-0.3, -0.25) is 4.79 Å². The minimum atomic E-state index is -1.73. The van der Waals surface area contributed by atoms with Crippen LogP contribution in [-0.2, 0) is 9.22 Å². The fraction of sp³-hybridized carbons (Fsp3) is 0.900. The third-order valence-corrected chi connectivity index (χ3v) is 10.2. The summed E-state index contributed by atoms with van der Waals surface area (Å²) in [6.07, 6.45) is 1.46. The first kappa shape index (κ1) is 13.9. The lowest BCUT2D eigenvalue weighted by molar-refractivity contribution is -0.135. The molecule has 84 valence electrons. The van der Waals surface area contributed by atoms with Crippen molar-refractivity contribution >= 4 is 22.4 Å². The molecule has 0 aromatic heterocycles. The molecule has 0 aromatic rings. The third-order valence-electron chi connectivity index (χ3n) is 1.80. The molecule has 0 spiro atoms. The van der Waals surface area contributed by atoms with Crippen molar-refractivity contribution in [2.75, 3.05) is 0 Å². The standard InChI is InChI=1S/C10H24O2Si2/c1-7-8-10(11)12-14(5,6)9-13(2,3)4/h7-9H2,1-6H3. The third kappa shape index (κ3) is 7.32. The average Bonchev–Trinajstić information content (AvgIpc) is 1.78. The molecule has 0 N–H and O–H groups in total. The Balaban J connectivity index is 4.13. The van der Waals surface area contributed by atoms with Gasteiger partial charge in [0.25, 0.3) is 5.97 Å². The van der Waals surface area contributed by atoms with E-state index in [2.05, 4.69) is 32.7 Å². The fourth-order valence-corrected chi connectivity index (χ4v) is 13.1. The first-order valence-corrected chi connectivity index (χ1v) is 12.2. The Bertz CT molecular complexity index is 195. The van der Waals surface area contributed by atoms with Gasteiger partial charge in [0.2, 0.25) is 8.32 Å². The van der Waals surface area contributed by atoms with Crippen molar-refractivity contribution in [3.63, 3.8) is 0 Å². The number of rotatable bonds is 5. The van der Waals surface area contributed by atoms with Crippen molar-refractivity contribution in [2.24, 2.45) is 0 Å². The van der Waals surface area contributed by atoms with Crippen molar-refractivity contribution < 1.29 is 9.22 Å². The van der Waals surface area contributed by atoms with Crippen LogP contribution in [0.2, 0.25) is 38.4 Å². The molecule has 0 unspecified atom stereocenters. The highest BCUT2D eigenvalue weighted by molar-refractivity contribution is 6.92. The van der Waals surface area contributed by atoms with Crippen LogP contribution < -0.4 is 0 Å². The molecule has 0 bridgehead atoms. The van der Waals surface area contributed by atoms with Gasteiger partial charge in [0, 0.05) is 14.5 Å². The number of hydrogen-bond acceptors (Lipinski definition) is 2. The van der Waals surface area contributed by atoms with Crippen molar-refractivity contribution in [3.05, 3.63) is 0 Å². The van der Waals surface area contributed by atoms with Crippen LogP contribution in [-0.4, -0.2) is 22.4 Å². The molecule has 0 radical (unpaired) electrons. The van der Waals surface area contributed by atoms with Crippen molar-refractivity contribution in [3.8, 4) is 0 Å². The second-order valence-corrected chi connectivity index (χ2v) is 16.0. The molecule has 4 heteroatoms. The highest BCUT2D eigenvalue weighted by Gasteiger charge is 2.32. The van der Waals surface area contributed by atoms with Crippen LogP contribution in [0.4, 0.5) is 0 Å². The lowest BCUT2D eigenvalue weighted by atomic mass is 10.4. The van der Waals surface area contributed by atoms with Gasteiger partial charge in [-0.05, 0) is 25.2 Å². The monoisotopic (exact) mass is 232 g/mol. The van der Waals surface area contributed by atoms with E-state index in [1.54, 1.807) is 0 Å². The zero-order valence-electron chi connectivity index (χ0n) is 10.4. The molecule has 2 nitrogen and oxygen atoms in total. The minimum Gasteiger partial charge on any atom is -0.520 e. The highest BCUT2D eigenvalue weighted by Crippen LogP contribution is 2.21. The predicted molar refractivity (Wildman–Crippen MR) is 66.6 cm³/mol. The Morgan fingerprint density at radius 1 is 1.14 bits per heavy atom. The molecule has 0 fully saturated rings. The van der Waals surface area contributed by atoms with Gasteiger partial charge in [0.15, 0.2) is 0 Å². The SMILES string of the molecule is CCCC(=O)O[Si](C)(C)C[Si](C)(C)C. The van der Waals surface area contributed by atoms with Crippen LogP contribution in [0, 0.1) is 0 Å². The number of hydrogen-bond donors (Lipinski definition) is 0. The van der Waals surface area contributed by atoms with Gasteiger partial charge in [-0.1, -0.05) is 26.6 Å². The van der Waals surface area contributed by atoms with Gasteiger partial charge in [-0.25, -0.2) is 0 Å². The summed E-state index contributed by atoms with van der Waals surface area (Å²) in [6, 6.07) is 0. The van der Waals surface area contributed by atoms with Gasteiger partial charge in [-0.2, -0.15) is 0 Å². The van der Waals surface area contributed by atoms with E-state index in [0.717, 1.165) is 12.1 Å². The van der Waals surface area contributed by atoms with Crippen molar-refractivity contribution in [1.29, 1.82) is 0 Å². The summed E-state index contributed by atoms with van der Waals surface area (Å²) in [4.78, 5) is 11.4. The Kier molecular flexibility index (Phi) is 5.08. The molecule has 0 amide bonds. The quantitative estimate of drug-likeness (QED) is 0.679. The molecule has 0 rings (SSSR count). The van der Waals surface area contributed by atoms with Crippen LogP contribution in [0.5, 0.6) is 0 Å². The zero-order chi connectivity index (χ0) is 11.4. The van der Waals surface area contributed by atoms with E-state index in [-0.39, 0.29) is 5.97 Å². The van der Waals surface area contributed by atoms with Gasteiger partial charge in [-0.15, -0.1) is 0 Å². The van der Waals surface area contributed by atoms with Crippen LogP contribution in [0.3, 0.4) is 0 Å². The summed E-state index contributed by atoms with van der Waals surface area (Å²) in [5, 5.41) is 0. The van der Waals surface area contributed by atoms with E-state index in [4.69, 9.17) is 4.43 Å². The Morgan fingerprint density at radius 3 is 2.00 bits per heavy atom. The molecule has 0 aliphatic heterocycles. The summed E-state index contributed by atoms with van der Waals surface area (Å²) < 4.78 is 5.59. The first-order chi connectivity index (χ1) is 6.16. The number of carbonyl (C=O) groups excluding carboxylic acids is 1. The largest absolute Gasteiger partial charge is 0.520 e. The van der Waals surface area contributed by atoms with Gasteiger partial charge in [0.05, 0.1) is 0 Å². The van der Waals surface area contributed by atoms with Gasteiger partial charge >= 0.3 is 0 Å². The van der Waals surface area contributed by atoms with Gasteiger partial charge in [0.1, 0.15) is 0 Å². The Labute approximate surface area is 90.2 Å². The van der Waals surface area contributed by atoms with E-state index < -0.39 is 16.4 Å². The topological polar surface area (TPSA) is 26.3 Å². The average molecular weight is 232 g/mol. The van der Waals surface area contributed by atoms with Crippen molar-refractivity contribution in [2.45, 2.75) is 58.2 Å². The molecule has 0 saturated carbocycles. The summed E-state index contributed by atoms with van der Waals surface area (Å²) in [5.74, 6) is 0.00224. The Morgan fingerprint density at radius 2 is 1.64 bits per heavy atom. The highest BCUT2D eigenvalue weighted by atomic mass is 28.4. The van der Waals surface area contributed by atoms with E-state index >= 15 is 0 Å². The summed E-state index contributed by atoms with van der Waals surface area (Å²) in [6.45, 7) is 13.3. The maximum Gasteiger partial charge on any atom is 0.292 e. The predicted octanol–water partition coefficient (Wildman–Crippen LogP) is 3.41.